The predicted molar refractivity (Wildman–Crippen MR) is 63.3 cm³/mol. The van der Waals surface area contributed by atoms with Gasteiger partial charge in [0.15, 0.2) is 0 Å². The fourth-order valence-electron chi connectivity index (χ4n) is 1.29. The van der Waals surface area contributed by atoms with Gasteiger partial charge in [-0.1, -0.05) is 0 Å². The van der Waals surface area contributed by atoms with E-state index in [0.717, 1.165) is 12.1 Å². The van der Waals surface area contributed by atoms with Crippen LogP contribution in [0.15, 0.2) is 18.2 Å². The molecule has 10 nitrogen and oxygen atoms in total. The van der Waals surface area contributed by atoms with Crippen molar-refractivity contribution in [3.05, 3.63) is 23.8 Å². The van der Waals surface area contributed by atoms with Crippen molar-refractivity contribution in [1.29, 1.82) is 0 Å². The molecule has 11 heteroatoms. The Morgan fingerprint density at radius 3 is 1.90 bits per heavy atom. The van der Waals surface area contributed by atoms with Crippen LogP contribution in [0.3, 0.4) is 0 Å². The van der Waals surface area contributed by atoms with Crippen LogP contribution in [0.25, 0.3) is 0 Å². The van der Waals surface area contributed by atoms with Crippen LogP contribution in [0.2, 0.25) is 0 Å². The molecule has 1 aromatic carbocycles. The number of benzene rings is 1. The molecule has 0 fully saturated rings. The molecule has 0 aliphatic rings. The van der Waals surface area contributed by atoms with Gasteiger partial charge in [-0.2, -0.15) is 0 Å². The summed E-state index contributed by atoms with van der Waals surface area (Å²) in [6.45, 7) is 0. The topological polar surface area (TPSA) is 185 Å². The summed E-state index contributed by atoms with van der Waals surface area (Å²) < 4.78 is 0. The quantitative estimate of drug-likeness (QED) is 0.186. The zero-order chi connectivity index (χ0) is 14.7. The molecule has 0 radical (unpaired) electrons. The van der Waals surface area contributed by atoms with E-state index in [2.05, 4.69) is 0 Å². The van der Waals surface area contributed by atoms with Gasteiger partial charge in [0.25, 0.3) is 0 Å². The molecule has 0 saturated heterocycles. The Bertz CT molecular complexity index is 551. The number of amides is 4. The van der Waals surface area contributed by atoms with E-state index in [4.69, 9.17) is 23.2 Å². The number of anilines is 2. The molecule has 4 amide bonds. The number of urea groups is 2. The summed E-state index contributed by atoms with van der Waals surface area (Å²) >= 11 is 0. The molecule has 0 heterocycles. The van der Waals surface area contributed by atoms with Crippen molar-refractivity contribution in [3.63, 3.8) is 0 Å². The number of carbonyl (C=O) groups excluding carboxylic acids is 3. The molecular weight excluding hydrogens is 279 g/mol. The number of carboxylic acids is 1. The summed E-state index contributed by atoms with van der Waals surface area (Å²) in [5, 5.41) is 11.8. The maximum absolute atomic E-state index is 11.0. The van der Waals surface area contributed by atoms with Gasteiger partial charge < -0.3 is 21.4 Å². The Labute approximate surface area is 135 Å². The molecule has 0 atom stereocenters. The molecule has 1 aromatic rings. The van der Waals surface area contributed by atoms with Gasteiger partial charge in [-0.15, -0.1) is 0 Å². The third-order valence-corrected chi connectivity index (χ3v) is 2.21. The number of hydrogen-bond acceptors (Lipinski definition) is 6. The second-order valence-electron chi connectivity index (χ2n) is 3.41. The van der Waals surface area contributed by atoms with Gasteiger partial charge >= 0.3 is 41.6 Å². The molecule has 0 bridgehead atoms. The number of primary amides is 2. The van der Waals surface area contributed by atoms with Crippen LogP contribution >= 0.6 is 0 Å². The van der Waals surface area contributed by atoms with Gasteiger partial charge in [-0.05, 0) is 18.2 Å². The largest absolute Gasteiger partial charge is 1.00 e. The third-order valence-electron chi connectivity index (χ3n) is 2.21. The third kappa shape index (κ3) is 3.82. The van der Waals surface area contributed by atoms with E-state index in [0.29, 0.717) is 10.0 Å². The number of nitrogens with zero attached hydrogens (tertiary/aromatic N) is 2. The second kappa shape index (κ2) is 7.07. The average Bonchev–Trinajstić information content (AvgIpc) is 2.35. The predicted octanol–water partition coefficient (Wildman–Crippen LogP) is -5.43. The fourth-order valence-corrected chi connectivity index (χ4v) is 1.29. The van der Waals surface area contributed by atoms with E-state index in [-0.39, 0.29) is 40.9 Å². The minimum Gasteiger partial charge on any atom is -0.545 e. The molecule has 0 aromatic heterocycles. The Hall–Kier alpha value is -1.85. The van der Waals surface area contributed by atoms with Gasteiger partial charge in [0, 0.05) is 5.56 Å². The van der Waals surface area contributed by atoms with Gasteiger partial charge in [-0.3, -0.25) is 0 Å². The van der Waals surface area contributed by atoms with Crippen LogP contribution in [0, 0.1) is 0 Å². The number of nitrogens with two attached hydrogens (primary N) is 4. The summed E-state index contributed by atoms with van der Waals surface area (Å²) in [5.74, 6) is 9.06. The molecule has 0 aliphatic heterocycles. The number of carboxylic acid groups (broad SMARTS) is 1. The van der Waals surface area contributed by atoms with Crippen molar-refractivity contribution >= 4 is 29.4 Å². The van der Waals surface area contributed by atoms with Crippen molar-refractivity contribution in [1.82, 2.24) is 0 Å². The molecule has 0 unspecified atom stereocenters. The van der Waals surface area contributed by atoms with E-state index >= 15 is 0 Å². The van der Waals surface area contributed by atoms with Gasteiger partial charge in [0.1, 0.15) is 0 Å². The first-order valence-corrected chi connectivity index (χ1v) is 4.79. The van der Waals surface area contributed by atoms with Crippen molar-refractivity contribution in [2.45, 2.75) is 0 Å². The van der Waals surface area contributed by atoms with Crippen molar-refractivity contribution in [3.8, 4) is 0 Å². The van der Waals surface area contributed by atoms with Crippen LogP contribution in [0.5, 0.6) is 0 Å². The molecule has 0 saturated carbocycles. The Kier molecular flexibility index (Phi) is 6.42. The van der Waals surface area contributed by atoms with Crippen molar-refractivity contribution in [2.75, 3.05) is 10.0 Å². The summed E-state index contributed by atoms with van der Waals surface area (Å²) in [6.07, 6.45) is 0. The zero-order valence-corrected chi connectivity index (χ0v) is 12.6. The maximum Gasteiger partial charge on any atom is 1.00 e. The summed E-state index contributed by atoms with van der Waals surface area (Å²) in [4.78, 5) is 32.7. The van der Waals surface area contributed by atoms with E-state index in [1.165, 1.54) is 6.07 Å². The maximum atomic E-state index is 11.0. The van der Waals surface area contributed by atoms with Crippen molar-refractivity contribution in [2.24, 2.45) is 23.2 Å². The van der Waals surface area contributed by atoms with E-state index in [1.807, 2.05) is 0 Å². The second-order valence-corrected chi connectivity index (χ2v) is 3.41. The Morgan fingerprint density at radius 2 is 1.50 bits per heavy atom. The standard InChI is InChI=1S/C9H12N6O4.Na/c10-8(18)14(12)4-1-2-5(7(16)17)6(3-4)15(13)9(11)19;/h1-3H,12-13H2,(H2,10,18)(H2,11,19)(H,16,17);/q;+1/p-1. The SMILES string of the molecule is NC(=O)N(N)c1ccc(C(=O)[O-])c(N(N)C(N)=O)c1.[Na+]. The van der Waals surface area contributed by atoms with Crippen LogP contribution < -0.4 is 67.8 Å². The smallest absolute Gasteiger partial charge is 0.545 e. The normalized spacial score (nSPS) is 9.30. The monoisotopic (exact) mass is 290 g/mol. The molecule has 8 N–H and O–H groups in total. The summed E-state index contributed by atoms with van der Waals surface area (Å²) in [7, 11) is 0. The first kappa shape index (κ1) is 18.1. The minimum atomic E-state index is -1.58. The molecule has 20 heavy (non-hydrogen) atoms. The summed E-state index contributed by atoms with van der Waals surface area (Å²) in [5.41, 5.74) is 9.21. The van der Waals surface area contributed by atoms with Gasteiger partial charge in [0.05, 0.1) is 17.3 Å². The van der Waals surface area contributed by atoms with Crippen molar-refractivity contribution < 1.29 is 49.0 Å². The molecule has 0 aliphatic carbocycles. The minimum absolute atomic E-state index is 0. The first-order chi connectivity index (χ1) is 8.75. The number of aromatic carboxylic acids is 1. The first-order valence-electron chi connectivity index (χ1n) is 4.79. The molecular formula is C9H11N6NaO4. The zero-order valence-electron chi connectivity index (χ0n) is 10.6. The van der Waals surface area contributed by atoms with E-state index in [9.17, 15) is 19.5 Å². The Morgan fingerprint density at radius 1 is 1.00 bits per heavy atom. The number of hydrogen-bond donors (Lipinski definition) is 4. The molecule has 1 rings (SSSR count). The van der Waals surface area contributed by atoms with Gasteiger partial charge in [0.2, 0.25) is 0 Å². The summed E-state index contributed by atoms with van der Waals surface area (Å²) in [6, 6.07) is 1.19. The van der Waals surface area contributed by atoms with Crippen LogP contribution in [-0.4, -0.2) is 18.0 Å². The Balaban J connectivity index is 0.00000361. The number of rotatable bonds is 3. The van der Waals surface area contributed by atoms with Crippen LogP contribution in [-0.2, 0) is 0 Å². The number of hydrazine groups is 2. The number of carbonyl (C=O) groups is 3. The molecule has 102 valence electrons. The average molecular weight is 290 g/mol. The van der Waals surface area contributed by atoms with Crippen LogP contribution in [0.4, 0.5) is 21.0 Å². The van der Waals surface area contributed by atoms with Gasteiger partial charge in [-0.25, -0.2) is 31.3 Å². The van der Waals surface area contributed by atoms with Crippen LogP contribution in [0.1, 0.15) is 10.4 Å². The molecule has 0 spiro atoms. The van der Waals surface area contributed by atoms with E-state index < -0.39 is 23.6 Å². The fraction of sp³-hybridized carbons (Fsp3) is 0. The van der Waals surface area contributed by atoms with E-state index in [1.54, 1.807) is 0 Å².